The molecule has 0 radical (unpaired) electrons. The molecule has 0 spiro atoms. The number of benzene rings is 2. The molecule has 0 aliphatic heterocycles. The molecule has 2 rings (SSSR count). The van der Waals surface area contributed by atoms with Gasteiger partial charge in [-0.05, 0) is 42.5 Å². The quantitative estimate of drug-likeness (QED) is 0.695. The Morgan fingerprint density at radius 1 is 1.14 bits per heavy atom. The minimum Gasteiger partial charge on any atom is -0.507 e. The summed E-state index contributed by atoms with van der Waals surface area (Å²) in [5.74, 6) is 0.336. The van der Waals surface area contributed by atoms with Crippen LogP contribution in [-0.4, -0.2) is 5.11 Å². The summed E-state index contributed by atoms with van der Waals surface area (Å²) in [4.78, 5) is 0. The van der Waals surface area contributed by atoms with Crippen molar-refractivity contribution in [3.8, 4) is 5.75 Å². The Balaban J connectivity index is 2.92. The van der Waals surface area contributed by atoms with Crippen LogP contribution < -0.4 is 0 Å². The predicted molar refractivity (Wildman–Crippen MR) is 60.1 cm³/mol. The Bertz CT molecular complexity index is 503. The number of fused-ring (bicyclic) bond motifs is 1. The Morgan fingerprint density at radius 3 is 2.57 bits per heavy atom. The van der Waals surface area contributed by atoms with Gasteiger partial charge in [-0.25, -0.2) is 0 Å². The zero-order valence-corrected chi connectivity index (χ0v) is 8.89. The molecule has 1 nitrogen and oxygen atoms in total. The van der Waals surface area contributed by atoms with E-state index in [4.69, 9.17) is 11.6 Å². The minimum atomic E-state index is 0.336. The van der Waals surface area contributed by atoms with Crippen LogP contribution in [0.2, 0.25) is 5.02 Å². The van der Waals surface area contributed by atoms with E-state index in [0.717, 1.165) is 21.9 Å². The Labute approximate surface area is 87.9 Å². The number of hydrogen-bond acceptors (Lipinski definition) is 1. The number of rotatable bonds is 0. The molecule has 0 fully saturated rings. The van der Waals surface area contributed by atoms with Gasteiger partial charge in [0.2, 0.25) is 0 Å². The van der Waals surface area contributed by atoms with Gasteiger partial charge < -0.3 is 5.11 Å². The lowest BCUT2D eigenvalue weighted by Crippen LogP contribution is -1.84. The maximum Gasteiger partial charge on any atom is 0.126 e. The molecule has 0 saturated heterocycles. The van der Waals surface area contributed by atoms with Crippen LogP contribution in [0, 0.1) is 13.8 Å². The molecule has 0 aromatic heterocycles. The first-order chi connectivity index (χ1) is 6.59. The molecule has 0 aliphatic rings. The van der Waals surface area contributed by atoms with E-state index in [9.17, 15) is 5.11 Å². The summed E-state index contributed by atoms with van der Waals surface area (Å²) in [7, 11) is 0. The highest BCUT2D eigenvalue weighted by molar-refractivity contribution is 6.31. The van der Waals surface area contributed by atoms with Crippen molar-refractivity contribution < 1.29 is 5.11 Å². The summed E-state index contributed by atoms with van der Waals surface area (Å²) in [5, 5.41) is 12.4. The van der Waals surface area contributed by atoms with Crippen molar-refractivity contribution in [3.63, 3.8) is 0 Å². The number of halogens is 1. The molecule has 2 aromatic carbocycles. The second-order valence-corrected chi connectivity index (χ2v) is 3.97. The topological polar surface area (TPSA) is 20.2 Å². The fraction of sp³-hybridized carbons (Fsp3) is 0.167. The first kappa shape index (κ1) is 9.35. The molecule has 72 valence electrons. The molecule has 0 heterocycles. The number of phenolic OH excluding ortho intramolecular Hbond substituents is 1. The Hall–Kier alpha value is -1.21. The first-order valence-electron chi connectivity index (χ1n) is 4.48. The largest absolute Gasteiger partial charge is 0.507 e. The molecule has 0 aliphatic carbocycles. The van der Waals surface area contributed by atoms with Crippen LogP contribution in [0.25, 0.3) is 10.8 Å². The van der Waals surface area contributed by atoms with Crippen molar-refractivity contribution >= 4 is 22.4 Å². The van der Waals surface area contributed by atoms with Crippen LogP contribution in [0.1, 0.15) is 11.1 Å². The lowest BCUT2D eigenvalue weighted by atomic mass is 10.0. The van der Waals surface area contributed by atoms with Crippen LogP contribution in [0.3, 0.4) is 0 Å². The van der Waals surface area contributed by atoms with E-state index in [-0.39, 0.29) is 0 Å². The van der Waals surface area contributed by atoms with Gasteiger partial charge in [0.05, 0.1) is 0 Å². The van der Waals surface area contributed by atoms with Crippen molar-refractivity contribution in [1.82, 2.24) is 0 Å². The van der Waals surface area contributed by atoms with E-state index in [1.54, 1.807) is 6.07 Å². The van der Waals surface area contributed by atoms with Gasteiger partial charge in [-0.3, -0.25) is 0 Å². The second kappa shape index (κ2) is 3.18. The lowest BCUT2D eigenvalue weighted by molar-refractivity contribution is 0.477. The maximum atomic E-state index is 9.90. The zero-order chi connectivity index (χ0) is 10.3. The first-order valence-corrected chi connectivity index (χ1v) is 4.86. The van der Waals surface area contributed by atoms with Gasteiger partial charge in [0.15, 0.2) is 0 Å². The van der Waals surface area contributed by atoms with Crippen LogP contribution >= 0.6 is 11.6 Å². The Morgan fingerprint density at radius 2 is 1.86 bits per heavy atom. The molecule has 0 unspecified atom stereocenters. The summed E-state index contributed by atoms with van der Waals surface area (Å²) >= 11 is 5.87. The SMILES string of the molecule is Cc1cc2ccc(Cl)cc2c(O)c1C. The van der Waals surface area contributed by atoms with E-state index in [2.05, 4.69) is 6.07 Å². The van der Waals surface area contributed by atoms with Crippen molar-refractivity contribution in [3.05, 3.63) is 40.4 Å². The van der Waals surface area contributed by atoms with Gasteiger partial charge in [-0.2, -0.15) is 0 Å². The fourth-order valence-corrected chi connectivity index (χ4v) is 1.76. The van der Waals surface area contributed by atoms with Crippen molar-refractivity contribution in [1.29, 1.82) is 0 Å². The van der Waals surface area contributed by atoms with Crippen molar-refractivity contribution in [2.24, 2.45) is 0 Å². The molecule has 0 bridgehead atoms. The number of hydrogen-bond donors (Lipinski definition) is 1. The standard InChI is InChI=1S/C12H11ClO/c1-7-5-9-3-4-10(13)6-11(9)12(14)8(7)2/h3-6,14H,1-2H3. The van der Waals surface area contributed by atoms with Crippen LogP contribution in [0.5, 0.6) is 5.75 Å². The van der Waals surface area contributed by atoms with Gasteiger partial charge >= 0.3 is 0 Å². The molecule has 0 amide bonds. The molecular formula is C12H11ClO. The smallest absolute Gasteiger partial charge is 0.126 e. The van der Waals surface area contributed by atoms with E-state index >= 15 is 0 Å². The lowest BCUT2D eigenvalue weighted by Gasteiger charge is -2.07. The van der Waals surface area contributed by atoms with E-state index in [1.807, 2.05) is 26.0 Å². The van der Waals surface area contributed by atoms with Gasteiger partial charge in [0, 0.05) is 10.4 Å². The third-order valence-electron chi connectivity index (χ3n) is 2.59. The molecule has 2 aromatic rings. The number of aromatic hydroxyl groups is 1. The highest BCUT2D eigenvalue weighted by Crippen LogP contribution is 2.32. The molecule has 0 saturated carbocycles. The van der Waals surface area contributed by atoms with Crippen molar-refractivity contribution in [2.45, 2.75) is 13.8 Å². The second-order valence-electron chi connectivity index (χ2n) is 3.53. The third-order valence-corrected chi connectivity index (χ3v) is 2.82. The maximum absolute atomic E-state index is 9.90. The van der Waals surface area contributed by atoms with E-state index < -0.39 is 0 Å². The fourth-order valence-electron chi connectivity index (χ4n) is 1.59. The average Bonchev–Trinajstić information content (AvgIpc) is 2.16. The molecule has 2 heteroatoms. The van der Waals surface area contributed by atoms with Gasteiger partial charge in [-0.1, -0.05) is 23.7 Å². The van der Waals surface area contributed by atoms with Crippen LogP contribution in [0.15, 0.2) is 24.3 Å². The summed E-state index contributed by atoms with van der Waals surface area (Å²) in [5.41, 5.74) is 2.01. The highest BCUT2D eigenvalue weighted by Gasteiger charge is 2.06. The zero-order valence-electron chi connectivity index (χ0n) is 8.13. The van der Waals surface area contributed by atoms with Crippen molar-refractivity contribution in [2.75, 3.05) is 0 Å². The molecular weight excluding hydrogens is 196 g/mol. The normalized spacial score (nSPS) is 10.8. The minimum absolute atomic E-state index is 0.336. The van der Waals surface area contributed by atoms with Gasteiger partial charge in [0.25, 0.3) is 0 Å². The monoisotopic (exact) mass is 206 g/mol. The van der Waals surface area contributed by atoms with Gasteiger partial charge in [0.1, 0.15) is 5.75 Å². The summed E-state index contributed by atoms with van der Waals surface area (Å²) in [6.45, 7) is 3.90. The summed E-state index contributed by atoms with van der Waals surface area (Å²) in [6, 6.07) is 7.60. The number of phenols is 1. The highest BCUT2D eigenvalue weighted by atomic mass is 35.5. The molecule has 1 N–H and O–H groups in total. The molecule has 14 heavy (non-hydrogen) atoms. The van der Waals surface area contributed by atoms with E-state index in [0.29, 0.717) is 10.8 Å². The third kappa shape index (κ3) is 1.34. The predicted octanol–water partition coefficient (Wildman–Crippen LogP) is 3.82. The Kier molecular flexibility index (Phi) is 2.12. The summed E-state index contributed by atoms with van der Waals surface area (Å²) < 4.78 is 0. The van der Waals surface area contributed by atoms with Gasteiger partial charge in [-0.15, -0.1) is 0 Å². The summed E-state index contributed by atoms with van der Waals surface area (Å²) in [6.07, 6.45) is 0. The molecule has 0 atom stereocenters. The van der Waals surface area contributed by atoms with Crippen LogP contribution in [-0.2, 0) is 0 Å². The number of aryl methyl sites for hydroxylation is 1. The average molecular weight is 207 g/mol. The van der Waals surface area contributed by atoms with E-state index in [1.165, 1.54) is 0 Å². The van der Waals surface area contributed by atoms with Crippen LogP contribution in [0.4, 0.5) is 0 Å².